The highest BCUT2D eigenvalue weighted by Crippen LogP contribution is 2.42. The normalized spacial score (nSPS) is 15.4. The van der Waals surface area contributed by atoms with Gasteiger partial charge in [0.05, 0.1) is 23.4 Å². The fourth-order valence-corrected chi connectivity index (χ4v) is 2.54. The average molecular weight is 339 g/mol. The minimum atomic E-state index is -0.259. The molecule has 0 bridgehead atoms. The van der Waals surface area contributed by atoms with Crippen molar-refractivity contribution in [3.63, 3.8) is 0 Å². The quantitative estimate of drug-likeness (QED) is 0.443. The van der Waals surface area contributed by atoms with Crippen LogP contribution in [-0.4, -0.2) is 23.4 Å². The molecule has 0 aliphatic rings. The number of hydrogen-bond donors (Lipinski definition) is 0. The first kappa shape index (κ1) is 23.4. The highest BCUT2D eigenvalue weighted by Gasteiger charge is 2.34. The van der Waals surface area contributed by atoms with Crippen LogP contribution in [0.1, 0.15) is 83.1 Å². The molecule has 0 saturated heterocycles. The Kier molecular flexibility index (Phi) is 7.98. The van der Waals surface area contributed by atoms with Gasteiger partial charge in [-0.2, -0.15) is 0 Å². The van der Waals surface area contributed by atoms with Gasteiger partial charge < -0.3 is 9.47 Å². The van der Waals surface area contributed by atoms with Crippen molar-refractivity contribution in [2.75, 3.05) is 0 Å². The molecule has 0 aromatic heterocycles. The molecule has 0 rings (SSSR count). The third kappa shape index (κ3) is 8.48. The molecular weight excluding hydrogens is 296 g/mol. The number of rotatable bonds is 9. The van der Waals surface area contributed by atoms with Gasteiger partial charge in [0.15, 0.2) is 0 Å². The molecule has 0 amide bonds. The summed E-state index contributed by atoms with van der Waals surface area (Å²) in [7, 11) is 0. The van der Waals surface area contributed by atoms with Crippen LogP contribution >= 0.6 is 0 Å². The van der Waals surface area contributed by atoms with Crippen LogP contribution in [0.15, 0.2) is 24.3 Å². The SMILES string of the molecule is CC(C)OC(C)(C)/C=C/C(C)(C)C(C)(C)/C=C/C(C)(C)OC(C)C. The summed E-state index contributed by atoms with van der Waals surface area (Å²) in [6.45, 7) is 25.8. The predicted molar refractivity (Wildman–Crippen MR) is 106 cm³/mol. The van der Waals surface area contributed by atoms with Gasteiger partial charge >= 0.3 is 0 Å². The van der Waals surface area contributed by atoms with Crippen molar-refractivity contribution < 1.29 is 9.47 Å². The van der Waals surface area contributed by atoms with Crippen LogP contribution in [0.4, 0.5) is 0 Å². The van der Waals surface area contributed by atoms with Crippen LogP contribution in [-0.2, 0) is 9.47 Å². The minimum Gasteiger partial charge on any atom is -0.369 e. The second kappa shape index (κ2) is 8.19. The van der Waals surface area contributed by atoms with Crippen molar-refractivity contribution in [2.45, 2.75) is 106 Å². The van der Waals surface area contributed by atoms with E-state index in [0.717, 1.165) is 0 Å². The van der Waals surface area contributed by atoms with E-state index in [1.54, 1.807) is 0 Å². The Balaban J connectivity index is 5.24. The molecule has 0 fully saturated rings. The van der Waals surface area contributed by atoms with Crippen molar-refractivity contribution in [3.05, 3.63) is 24.3 Å². The zero-order valence-electron chi connectivity index (χ0n) is 18.3. The Hall–Kier alpha value is -0.600. The van der Waals surface area contributed by atoms with E-state index in [1.165, 1.54) is 0 Å². The molecule has 0 radical (unpaired) electrons. The van der Waals surface area contributed by atoms with Gasteiger partial charge in [0.2, 0.25) is 0 Å². The lowest BCUT2D eigenvalue weighted by molar-refractivity contribution is -0.0246. The third-order valence-corrected chi connectivity index (χ3v) is 4.54. The maximum Gasteiger partial charge on any atom is 0.0810 e. The predicted octanol–water partition coefficient (Wildman–Crippen LogP) is 6.56. The van der Waals surface area contributed by atoms with E-state index >= 15 is 0 Å². The van der Waals surface area contributed by atoms with Gasteiger partial charge in [-0.15, -0.1) is 0 Å². The minimum absolute atomic E-state index is 0.00494. The Morgan fingerprint density at radius 1 is 0.500 bits per heavy atom. The third-order valence-electron chi connectivity index (χ3n) is 4.54. The maximum atomic E-state index is 5.98. The lowest BCUT2D eigenvalue weighted by Gasteiger charge is -2.39. The molecule has 0 saturated carbocycles. The second-order valence-electron chi connectivity index (χ2n) is 9.65. The van der Waals surface area contributed by atoms with Crippen LogP contribution in [0.25, 0.3) is 0 Å². The molecule has 0 N–H and O–H groups in total. The second-order valence-corrected chi connectivity index (χ2v) is 9.65. The summed E-state index contributed by atoms with van der Waals surface area (Å²) in [5, 5.41) is 0. The van der Waals surface area contributed by atoms with Gasteiger partial charge in [-0.25, -0.2) is 0 Å². The summed E-state index contributed by atoms with van der Waals surface area (Å²) in [6, 6.07) is 0. The first-order valence-electron chi connectivity index (χ1n) is 9.26. The first-order valence-corrected chi connectivity index (χ1v) is 9.26. The number of allylic oxidation sites excluding steroid dienone is 2. The van der Waals surface area contributed by atoms with Gasteiger partial charge in [-0.3, -0.25) is 0 Å². The molecule has 24 heavy (non-hydrogen) atoms. The Morgan fingerprint density at radius 3 is 0.958 bits per heavy atom. The summed E-state index contributed by atoms with van der Waals surface area (Å²) >= 11 is 0. The highest BCUT2D eigenvalue weighted by atomic mass is 16.5. The van der Waals surface area contributed by atoms with E-state index in [0.29, 0.717) is 0 Å². The molecule has 0 aliphatic carbocycles. The Morgan fingerprint density at radius 2 is 0.750 bits per heavy atom. The fraction of sp³-hybridized carbons (Fsp3) is 0.818. The van der Waals surface area contributed by atoms with Gasteiger partial charge in [0.1, 0.15) is 0 Å². The van der Waals surface area contributed by atoms with Gasteiger partial charge in [0, 0.05) is 0 Å². The van der Waals surface area contributed by atoms with E-state index in [4.69, 9.17) is 9.47 Å². The Bertz CT molecular complexity index is 393. The topological polar surface area (TPSA) is 18.5 Å². The smallest absolute Gasteiger partial charge is 0.0810 e. The zero-order valence-corrected chi connectivity index (χ0v) is 18.3. The van der Waals surface area contributed by atoms with E-state index in [1.807, 2.05) is 0 Å². The Labute approximate surface area is 151 Å². The van der Waals surface area contributed by atoms with Gasteiger partial charge in [0.25, 0.3) is 0 Å². The summed E-state index contributed by atoms with van der Waals surface area (Å²) in [6.07, 6.45) is 9.40. The van der Waals surface area contributed by atoms with Crippen LogP contribution < -0.4 is 0 Å². The average Bonchev–Trinajstić information content (AvgIpc) is 2.31. The van der Waals surface area contributed by atoms with Crippen LogP contribution in [0.3, 0.4) is 0 Å². The summed E-state index contributed by atoms with van der Waals surface area (Å²) in [5.41, 5.74) is -0.527. The first-order chi connectivity index (χ1) is 10.5. The molecule has 2 nitrogen and oxygen atoms in total. The molecule has 0 aromatic rings. The van der Waals surface area contributed by atoms with Gasteiger partial charge in [-0.05, 0) is 66.2 Å². The highest BCUT2D eigenvalue weighted by molar-refractivity contribution is 5.15. The standard InChI is InChI=1S/C22H42O2/c1-17(2)23-21(9,10)15-13-19(5,6)20(7,8)14-16-22(11,12)24-18(3)4/h13-18H,1-12H3/b15-13+,16-14+. The largest absolute Gasteiger partial charge is 0.369 e. The number of ether oxygens (including phenoxy) is 2. The summed E-state index contributed by atoms with van der Waals surface area (Å²) in [5.74, 6) is 0. The lowest BCUT2D eigenvalue weighted by atomic mass is 9.67. The van der Waals surface area contributed by atoms with Crippen LogP contribution in [0, 0.1) is 10.8 Å². The maximum absolute atomic E-state index is 5.98. The van der Waals surface area contributed by atoms with E-state index in [-0.39, 0.29) is 34.2 Å². The van der Waals surface area contributed by atoms with Crippen molar-refractivity contribution in [1.29, 1.82) is 0 Å². The molecular formula is C22H42O2. The molecule has 0 aliphatic heterocycles. The molecule has 142 valence electrons. The molecule has 0 spiro atoms. The van der Waals surface area contributed by atoms with Gasteiger partial charge in [-0.1, -0.05) is 52.0 Å². The lowest BCUT2D eigenvalue weighted by Crippen LogP contribution is -2.32. The monoisotopic (exact) mass is 338 g/mol. The molecule has 0 unspecified atom stereocenters. The molecule has 0 atom stereocenters. The molecule has 0 heterocycles. The van der Waals surface area contributed by atoms with Crippen molar-refractivity contribution >= 4 is 0 Å². The number of hydrogen-bond acceptors (Lipinski definition) is 2. The molecule has 2 heteroatoms. The fourth-order valence-electron chi connectivity index (χ4n) is 2.54. The van der Waals surface area contributed by atoms with E-state index in [9.17, 15) is 0 Å². The zero-order chi connectivity index (χ0) is 19.4. The molecule has 0 aromatic carbocycles. The summed E-state index contributed by atoms with van der Waals surface area (Å²) < 4.78 is 12.0. The van der Waals surface area contributed by atoms with Crippen molar-refractivity contribution in [3.8, 4) is 0 Å². The van der Waals surface area contributed by atoms with Crippen molar-refractivity contribution in [2.24, 2.45) is 10.8 Å². The summed E-state index contributed by atoms with van der Waals surface area (Å²) in [4.78, 5) is 0. The van der Waals surface area contributed by atoms with Crippen molar-refractivity contribution in [1.82, 2.24) is 0 Å². The van der Waals surface area contributed by atoms with Crippen LogP contribution in [0.2, 0.25) is 0 Å². The van der Waals surface area contributed by atoms with E-state index < -0.39 is 0 Å². The van der Waals surface area contributed by atoms with E-state index in [2.05, 4.69) is 107 Å². The van der Waals surface area contributed by atoms with Crippen LogP contribution in [0.5, 0.6) is 0 Å².